The SMILES string of the molecule is O=C1C=C(NNC(=O)c2ccco2)CCC1. The molecule has 0 radical (unpaired) electrons. The van der Waals surface area contributed by atoms with Gasteiger partial charge in [-0.3, -0.25) is 15.0 Å². The highest BCUT2D eigenvalue weighted by molar-refractivity contribution is 5.92. The van der Waals surface area contributed by atoms with Crippen LogP contribution in [0.4, 0.5) is 0 Å². The van der Waals surface area contributed by atoms with Gasteiger partial charge in [0, 0.05) is 18.2 Å². The lowest BCUT2D eigenvalue weighted by atomic mass is 10.0. The fourth-order valence-electron chi connectivity index (χ4n) is 1.50. The second kappa shape index (κ2) is 4.65. The molecule has 2 N–H and O–H groups in total. The molecule has 1 aliphatic rings. The first-order valence-electron chi connectivity index (χ1n) is 5.09. The van der Waals surface area contributed by atoms with Gasteiger partial charge in [-0.1, -0.05) is 0 Å². The van der Waals surface area contributed by atoms with Gasteiger partial charge in [-0.2, -0.15) is 0 Å². The van der Waals surface area contributed by atoms with E-state index in [1.807, 2.05) is 0 Å². The molecule has 0 aliphatic heterocycles. The van der Waals surface area contributed by atoms with Crippen LogP contribution in [0.2, 0.25) is 0 Å². The van der Waals surface area contributed by atoms with Gasteiger partial charge in [0.15, 0.2) is 11.5 Å². The van der Waals surface area contributed by atoms with Crippen molar-refractivity contribution in [3.8, 4) is 0 Å². The van der Waals surface area contributed by atoms with Crippen LogP contribution in [-0.4, -0.2) is 11.7 Å². The molecule has 1 amide bonds. The highest BCUT2D eigenvalue weighted by Crippen LogP contribution is 2.11. The minimum Gasteiger partial charge on any atom is -0.459 e. The summed E-state index contributed by atoms with van der Waals surface area (Å²) in [6.07, 6.45) is 5.11. The van der Waals surface area contributed by atoms with Crippen molar-refractivity contribution in [1.29, 1.82) is 0 Å². The highest BCUT2D eigenvalue weighted by atomic mass is 16.3. The molecule has 5 heteroatoms. The molecule has 84 valence electrons. The van der Waals surface area contributed by atoms with E-state index >= 15 is 0 Å². The van der Waals surface area contributed by atoms with Crippen LogP contribution in [0.3, 0.4) is 0 Å². The normalized spacial score (nSPS) is 15.5. The summed E-state index contributed by atoms with van der Waals surface area (Å²) < 4.78 is 4.92. The van der Waals surface area contributed by atoms with Gasteiger partial charge in [0.05, 0.1) is 6.26 Å². The fraction of sp³-hybridized carbons (Fsp3) is 0.273. The van der Waals surface area contributed by atoms with Gasteiger partial charge in [0.1, 0.15) is 0 Å². The summed E-state index contributed by atoms with van der Waals surface area (Å²) in [5.74, 6) is -0.0415. The summed E-state index contributed by atoms with van der Waals surface area (Å²) in [4.78, 5) is 22.5. The number of allylic oxidation sites excluding steroid dienone is 2. The first-order valence-corrected chi connectivity index (χ1v) is 5.09. The second-order valence-electron chi connectivity index (χ2n) is 3.55. The van der Waals surface area contributed by atoms with E-state index in [4.69, 9.17) is 4.42 Å². The van der Waals surface area contributed by atoms with Crippen LogP contribution in [0.5, 0.6) is 0 Å². The monoisotopic (exact) mass is 220 g/mol. The third kappa shape index (κ3) is 2.50. The van der Waals surface area contributed by atoms with Crippen LogP contribution in [0, 0.1) is 0 Å². The zero-order valence-electron chi connectivity index (χ0n) is 8.66. The Bertz CT molecular complexity index is 420. The van der Waals surface area contributed by atoms with E-state index in [9.17, 15) is 9.59 Å². The van der Waals surface area contributed by atoms with E-state index in [1.165, 1.54) is 12.3 Å². The molecule has 2 rings (SSSR count). The smallest absolute Gasteiger partial charge is 0.305 e. The highest BCUT2D eigenvalue weighted by Gasteiger charge is 2.12. The molecule has 0 unspecified atom stereocenters. The van der Waals surface area contributed by atoms with Crippen LogP contribution in [0.15, 0.2) is 34.6 Å². The van der Waals surface area contributed by atoms with Crippen molar-refractivity contribution in [1.82, 2.24) is 10.9 Å². The summed E-state index contributed by atoms with van der Waals surface area (Å²) in [5.41, 5.74) is 5.93. The fourth-order valence-corrected chi connectivity index (χ4v) is 1.50. The zero-order valence-corrected chi connectivity index (χ0v) is 8.66. The largest absolute Gasteiger partial charge is 0.459 e. The summed E-state index contributed by atoms with van der Waals surface area (Å²) in [5, 5.41) is 0. The molecule has 1 aliphatic carbocycles. The third-order valence-corrected chi connectivity index (χ3v) is 2.29. The molecule has 0 spiro atoms. The number of furan rings is 1. The van der Waals surface area contributed by atoms with Crippen molar-refractivity contribution in [3.05, 3.63) is 35.9 Å². The molecule has 0 fully saturated rings. The Labute approximate surface area is 92.5 Å². The van der Waals surface area contributed by atoms with Gasteiger partial charge in [-0.05, 0) is 25.0 Å². The molecule has 0 saturated heterocycles. The summed E-state index contributed by atoms with van der Waals surface area (Å²) >= 11 is 0. The quantitative estimate of drug-likeness (QED) is 0.749. The maximum atomic E-state index is 11.5. The number of carbonyl (C=O) groups excluding carboxylic acids is 2. The first kappa shape index (κ1) is 10.5. The van der Waals surface area contributed by atoms with Crippen molar-refractivity contribution in [3.63, 3.8) is 0 Å². The number of ketones is 1. The zero-order chi connectivity index (χ0) is 11.4. The molecule has 0 aromatic carbocycles. The Balaban J connectivity index is 1.88. The Kier molecular flexibility index (Phi) is 3.05. The number of hydrogen-bond donors (Lipinski definition) is 2. The third-order valence-electron chi connectivity index (χ3n) is 2.29. The first-order chi connectivity index (χ1) is 7.75. The Morgan fingerprint density at radius 2 is 2.25 bits per heavy atom. The van der Waals surface area contributed by atoms with E-state index in [0.29, 0.717) is 6.42 Å². The lowest BCUT2D eigenvalue weighted by molar-refractivity contribution is -0.115. The number of carbonyl (C=O) groups is 2. The average molecular weight is 220 g/mol. The van der Waals surface area contributed by atoms with E-state index in [0.717, 1.165) is 18.5 Å². The molecular weight excluding hydrogens is 208 g/mol. The summed E-state index contributed by atoms with van der Waals surface area (Å²) in [6.45, 7) is 0. The molecule has 1 aromatic rings. The van der Waals surface area contributed by atoms with E-state index < -0.39 is 0 Å². The molecule has 0 bridgehead atoms. The second-order valence-corrected chi connectivity index (χ2v) is 3.55. The molecule has 1 aromatic heterocycles. The van der Waals surface area contributed by atoms with Gasteiger partial charge in [0.25, 0.3) is 0 Å². The summed E-state index contributed by atoms with van der Waals surface area (Å²) in [6, 6.07) is 3.20. The number of amides is 1. The van der Waals surface area contributed by atoms with Crippen molar-refractivity contribution < 1.29 is 14.0 Å². The van der Waals surface area contributed by atoms with Crippen LogP contribution in [0.1, 0.15) is 29.8 Å². The number of nitrogens with one attached hydrogen (secondary N) is 2. The van der Waals surface area contributed by atoms with Crippen molar-refractivity contribution in [2.75, 3.05) is 0 Å². The molecule has 5 nitrogen and oxygen atoms in total. The van der Waals surface area contributed by atoms with Gasteiger partial charge in [-0.25, -0.2) is 0 Å². The predicted octanol–water partition coefficient (Wildman–Crippen LogP) is 1.15. The predicted molar refractivity (Wildman–Crippen MR) is 56.3 cm³/mol. The summed E-state index contributed by atoms with van der Waals surface area (Å²) in [7, 11) is 0. The average Bonchev–Trinajstić information content (AvgIpc) is 2.79. The van der Waals surface area contributed by atoms with E-state index in [1.54, 1.807) is 12.1 Å². The van der Waals surface area contributed by atoms with Crippen LogP contribution in [-0.2, 0) is 4.79 Å². The Morgan fingerprint density at radius 1 is 1.38 bits per heavy atom. The molecular formula is C11H12N2O3. The Hall–Kier alpha value is -2.04. The molecule has 0 atom stereocenters. The minimum atomic E-state index is -0.357. The standard InChI is InChI=1S/C11H12N2O3/c14-9-4-1-3-8(7-9)12-13-11(15)10-5-2-6-16-10/h2,5-7,12H,1,3-4H2,(H,13,15). The number of hydrazine groups is 1. The lowest BCUT2D eigenvalue weighted by Crippen LogP contribution is -2.37. The van der Waals surface area contributed by atoms with Crippen LogP contribution < -0.4 is 10.9 Å². The maximum Gasteiger partial charge on any atom is 0.305 e. The Morgan fingerprint density at radius 3 is 2.94 bits per heavy atom. The van der Waals surface area contributed by atoms with Crippen molar-refractivity contribution >= 4 is 11.7 Å². The maximum absolute atomic E-state index is 11.5. The molecule has 16 heavy (non-hydrogen) atoms. The van der Waals surface area contributed by atoms with E-state index in [-0.39, 0.29) is 17.5 Å². The molecule has 1 heterocycles. The van der Waals surface area contributed by atoms with Crippen LogP contribution >= 0.6 is 0 Å². The van der Waals surface area contributed by atoms with Crippen LogP contribution in [0.25, 0.3) is 0 Å². The van der Waals surface area contributed by atoms with Crippen molar-refractivity contribution in [2.45, 2.75) is 19.3 Å². The lowest BCUT2D eigenvalue weighted by Gasteiger charge is -2.14. The van der Waals surface area contributed by atoms with Gasteiger partial charge < -0.3 is 9.84 Å². The molecule has 0 saturated carbocycles. The number of rotatable bonds is 3. The van der Waals surface area contributed by atoms with E-state index in [2.05, 4.69) is 10.9 Å². The number of hydrogen-bond acceptors (Lipinski definition) is 4. The topological polar surface area (TPSA) is 71.3 Å². The van der Waals surface area contributed by atoms with Gasteiger partial charge in [-0.15, -0.1) is 0 Å². The van der Waals surface area contributed by atoms with Gasteiger partial charge >= 0.3 is 5.91 Å². The van der Waals surface area contributed by atoms with Crippen molar-refractivity contribution in [2.24, 2.45) is 0 Å². The van der Waals surface area contributed by atoms with Gasteiger partial charge in [0.2, 0.25) is 0 Å². The minimum absolute atomic E-state index is 0.0843.